The van der Waals surface area contributed by atoms with Crippen molar-refractivity contribution in [2.24, 2.45) is 0 Å². The van der Waals surface area contributed by atoms with Gasteiger partial charge in [0, 0.05) is 0 Å². The largest absolute Gasteiger partial charge is 0.356 e. The van der Waals surface area contributed by atoms with Crippen LogP contribution in [0.4, 0.5) is 0 Å². The van der Waals surface area contributed by atoms with E-state index in [1.807, 2.05) is 0 Å². The first-order valence-electron chi connectivity index (χ1n) is 6.26. The molecule has 0 radical (unpaired) electrons. The summed E-state index contributed by atoms with van der Waals surface area (Å²) in [6.45, 7) is 19.5. The van der Waals surface area contributed by atoms with Crippen molar-refractivity contribution >= 4 is 42.2 Å². The van der Waals surface area contributed by atoms with Gasteiger partial charge in [-0.15, -0.1) is 0 Å². The fourth-order valence-corrected chi connectivity index (χ4v) is 7.55. The third-order valence-electron chi connectivity index (χ3n) is 1.05. The van der Waals surface area contributed by atoms with Gasteiger partial charge in [0.15, 0.2) is 25.0 Å². The van der Waals surface area contributed by atoms with Gasteiger partial charge in [-0.3, -0.25) is 0 Å². The van der Waals surface area contributed by atoms with Crippen molar-refractivity contribution in [3.63, 3.8) is 0 Å². The predicted molar refractivity (Wildman–Crippen MR) is 93.8 cm³/mol. The Kier molecular flexibility index (Phi) is 11.1. The first-order chi connectivity index (χ1) is 8.52. The molecule has 0 saturated heterocycles. The summed E-state index contributed by atoms with van der Waals surface area (Å²) in [7, 11) is -8.55. The molecule has 0 rings (SSSR count). The van der Waals surface area contributed by atoms with Crippen molar-refractivity contribution in [3.05, 3.63) is 0 Å². The van der Waals surface area contributed by atoms with Crippen LogP contribution in [0, 0.1) is 0 Å². The molecule has 0 aliphatic carbocycles. The van der Waals surface area contributed by atoms with Crippen LogP contribution in [0.15, 0.2) is 0 Å². The Balaban J connectivity index is 0. The Morgan fingerprint density at radius 2 is 0.700 bits per heavy atom. The number of hydrogen-bond donors (Lipinski definition) is 3. The molecule has 0 aromatic rings. The molecule has 20 heavy (non-hydrogen) atoms. The summed E-state index contributed by atoms with van der Waals surface area (Å²) in [5.74, 6) is 0. The van der Waals surface area contributed by atoms with Crippen LogP contribution in [0.2, 0.25) is 58.9 Å². The van der Waals surface area contributed by atoms with Crippen molar-refractivity contribution in [3.8, 4) is 0 Å². The van der Waals surface area contributed by atoms with E-state index >= 15 is 0 Å². The maximum Gasteiger partial charge on any atom is 0.324 e. The smallest absolute Gasteiger partial charge is 0.324 e. The molecule has 11 heteroatoms. The van der Waals surface area contributed by atoms with Gasteiger partial charge in [-0.1, -0.05) is 0 Å². The van der Waals surface area contributed by atoms with Crippen molar-refractivity contribution in [2.45, 2.75) is 58.9 Å². The third-order valence-corrected chi connectivity index (χ3v) is 9.41. The maximum atomic E-state index is 7.23. The van der Waals surface area contributed by atoms with Crippen molar-refractivity contribution < 1.29 is 27.3 Å². The van der Waals surface area contributed by atoms with Crippen LogP contribution in [-0.4, -0.2) is 39.6 Å². The predicted octanol–water partition coefficient (Wildman–Crippen LogP) is 3.96. The lowest BCUT2D eigenvalue weighted by atomic mass is 11.8. The van der Waals surface area contributed by atoms with Gasteiger partial charge in [-0.2, -0.15) is 0 Å². The fraction of sp³-hybridized carbons (Fsp3) is 1.00. The van der Waals surface area contributed by atoms with Gasteiger partial charge < -0.3 is 27.3 Å². The molecule has 0 aliphatic heterocycles. The lowest BCUT2D eigenvalue weighted by Crippen LogP contribution is -2.32. The van der Waals surface area contributed by atoms with Crippen molar-refractivity contribution in [2.75, 3.05) is 0 Å². The molecule has 0 atom stereocenters. The average molecular weight is 381 g/mol. The lowest BCUT2D eigenvalue weighted by Gasteiger charge is -2.32. The molecule has 0 heterocycles. The van der Waals surface area contributed by atoms with Crippen LogP contribution < -0.4 is 0 Å². The van der Waals surface area contributed by atoms with Crippen LogP contribution in [0.1, 0.15) is 0 Å². The molecule has 0 aromatic carbocycles. The topological polar surface area (TPSA) is 88.4 Å². The molecule has 6 nitrogen and oxygen atoms in total. The van der Waals surface area contributed by atoms with E-state index in [2.05, 4.69) is 58.9 Å². The molecule has 0 aromatic heterocycles. The van der Waals surface area contributed by atoms with E-state index in [4.69, 9.17) is 27.3 Å². The van der Waals surface area contributed by atoms with E-state index in [9.17, 15) is 0 Å². The molecule has 3 N–H and O–H groups in total. The second kappa shape index (κ2) is 9.42. The highest BCUT2D eigenvalue weighted by Gasteiger charge is 2.32. The monoisotopic (exact) mass is 380 g/mol. The van der Waals surface area contributed by atoms with Gasteiger partial charge in [-0.05, 0) is 58.9 Å². The van der Waals surface area contributed by atoms with Crippen LogP contribution in [-0.2, 0) is 12.6 Å². The molecule has 124 valence electrons. The molecule has 0 saturated carbocycles. The number of rotatable bonds is 6. The molecule has 0 aliphatic rings. The van der Waals surface area contributed by atoms with Gasteiger partial charge in [0.1, 0.15) is 0 Å². The first kappa shape index (κ1) is 23.5. The zero-order valence-corrected chi connectivity index (χ0v) is 18.7. The Hall–Kier alpha value is 1.27. The quantitative estimate of drug-likeness (QED) is 0.477. The summed E-state index contributed by atoms with van der Waals surface area (Å²) in [6, 6.07) is 0. The van der Waals surface area contributed by atoms with E-state index in [1.54, 1.807) is 0 Å². The Bertz CT molecular complexity index is 221. The molecule has 0 unspecified atom stereocenters. The zero-order chi connectivity index (χ0) is 16.8. The molecule has 0 spiro atoms. The normalized spacial score (nSPS) is 13.5. The van der Waals surface area contributed by atoms with Crippen LogP contribution in [0.3, 0.4) is 0 Å². The molecular weight excluding hydrogens is 350 g/mol. The van der Waals surface area contributed by atoms with Crippen molar-refractivity contribution in [1.82, 2.24) is 0 Å². The SMILES string of the molecule is C[Si](C)(C)OP(O[Si](C)(C)C)O[Si](C)(C)C.OP(O)O. The molecule has 0 amide bonds. The van der Waals surface area contributed by atoms with Gasteiger partial charge >= 0.3 is 8.60 Å². The van der Waals surface area contributed by atoms with E-state index in [0.29, 0.717) is 0 Å². The maximum absolute atomic E-state index is 7.23. The molecular formula is C9H30O6P2Si3. The van der Waals surface area contributed by atoms with Gasteiger partial charge in [-0.25, -0.2) is 0 Å². The molecule has 0 bridgehead atoms. The minimum atomic E-state index is -2.62. The van der Waals surface area contributed by atoms with Gasteiger partial charge in [0.25, 0.3) is 8.60 Å². The zero-order valence-electron chi connectivity index (χ0n) is 14.0. The number of hydrogen-bond acceptors (Lipinski definition) is 6. The van der Waals surface area contributed by atoms with Gasteiger partial charge in [0.2, 0.25) is 0 Å². The second-order valence-electron chi connectivity index (χ2n) is 7.10. The Labute approximate surface area is 128 Å². The van der Waals surface area contributed by atoms with E-state index in [-0.39, 0.29) is 0 Å². The summed E-state index contributed by atoms with van der Waals surface area (Å²) in [6.07, 6.45) is 0. The average Bonchev–Trinajstić information content (AvgIpc) is 1.88. The van der Waals surface area contributed by atoms with Crippen LogP contribution in [0.25, 0.3) is 0 Å². The van der Waals surface area contributed by atoms with E-state index < -0.39 is 42.2 Å². The van der Waals surface area contributed by atoms with Gasteiger partial charge in [0.05, 0.1) is 0 Å². The Morgan fingerprint density at radius 3 is 0.800 bits per heavy atom. The fourth-order valence-electron chi connectivity index (χ4n) is 0.727. The highest BCUT2D eigenvalue weighted by atomic mass is 31.2. The summed E-state index contributed by atoms with van der Waals surface area (Å²) >= 11 is 0. The summed E-state index contributed by atoms with van der Waals surface area (Å²) in [4.78, 5) is 21.7. The van der Waals surface area contributed by atoms with E-state index in [0.717, 1.165) is 0 Å². The Morgan fingerprint density at radius 1 is 0.550 bits per heavy atom. The standard InChI is InChI=1S/C9H27O3PSi3.H3O3P/c1-14(2,3)10-13(11-15(4,5)6)12-16(7,8)9;1-4(2)3/h1-9H3;1-3H. The molecule has 0 fully saturated rings. The van der Waals surface area contributed by atoms with Crippen LogP contribution >= 0.6 is 17.2 Å². The lowest BCUT2D eigenvalue weighted by molar-refractivity contribution is 0.368. The highest BCUT2D eigenvalue weighted by Crippen LogP contribution is 2.47. The minimum Gasteiger partial charge on any atom is -0.356 e. The third kappa shape index (κ3) is 24.3. The highest BCUT2D eigenvalue weighted by molar-refractivity contribution is 7.47. The summed E-state index contributed by atoms with van der Waals surface area (Å²) in [5, 5.41) is 0. The van der Waals surface area contributed by atoms with E-state index in [1.165, 1.54) is 0 Å². The summed E-state index contributed by atoms with van der Waals surface area (Å²) < 4.78 is 18.1. The van der Waals surface area contributed by atoms with Crippen molar-refractivity contribution in [1.29, 1.82) is 0 Å². The van der Waals surface area contributed by atoms with Crippen LogP contribution in [0.5, 0.6) is 0 Å². The minimum absolute atomic E-state index is 1.14. The first-order valence-corrected chi connectivity index (χ1v) is 18.8. The summed E-state index contributed by atoms with van der Waals surface area (Å²) in [5.41, 5.74) is 0. The second-order valence-corrected chi connectivity index (χ2v) is 23.0.